The van der Waals surface area contributed by atoms with E-state index in [0.29, 0.717) is 12.4 Å². The van der Waals surface area contributed by atoms with Crippen LogP contribution in [0.3, 0.4) is 0 Å². The first kappa shape index (κ1) is 21.8. The number of aromatic nitrogens is 8. The summed E-state index contributed by atoms with van der Waals surface area (Å²) in [6, 6.07) is 20.9. The molecule has 5 rings (SSSR count). The number of aromatic amines is 1. The molecule has 2 aromatic carbocycles. The van der Waals surface area contributed by atoms with E-state index in [1.54, 1.807) is 0 Å². The molecule has 0 saturated heterocycles. The zero-order valence-electron chi connectivity index (χ0n) is 19.5. The van der Waals surface area contributed by atoms with Crippen LogP contribution in [0.2, 0.25) is 0 Å². The fraction of sp³-hybridized carbons (Fsp3) is 0.269. The number of nitrogens with one attached hydrogen (secondary N) is 1. The number of tetrazole rings is 1. The summed E-state index contributed by atoms with van der Waals surface area (Å²) in [6.07, 6.45) is 6.01. The molecule has 0 fully saturated rings. The SMILES string of the molecule is CCCc1nc(CCC)n(Cc2ccc(-n3ccc(-c4ccccc4)c3-c3nn[nH]n3)cc2)n1. The number of H-pyrrole nitrogens is 1. The Kier molecular flexibility index (Phi) is 6.29. The summed E-state index contributed by atoms with van der Waals surface area (Å²) in [5.74, 6) is 2.56. The van der Waals surface area contributed by atoms with Gasteiger partial charge in [-0.2, -0.15) is 10.3 Å². The van der Waals surface area contributed by atoms with Gasteiger partial charge in [-0.15, -0.1) is 10.2 Å². The smallest absolute Gasteiger partial charge is 0.221 e. The molecule has 8 heteroatoms. The first-order chi connectivity index (χ1) is 16.8. The standard InChI is InChI=1S/C26H28N8/c1-3-8-23-27-24(9-4-2)34(30-23)18-19-12-14-21(15-13-19)33-17-16-22(20-10-6-5-7-11-20)25(33)26-28-31-32-29-26/h5-7,10-17H,3-4,8-9,18H2,1-2H3,(H,28,29,31,32). The van der Waals surface area contributed by atoms with Gasteiger partial charge in [0.15, 0.2) is 5.82 Å². The number of aryl methyl sites for hydroxylation is 2. The minimum absolute atomic E-state index is 0.559. The molecular weight excluding hydrogens is 424 g/mol. The molecule has 0 aliphatic heterocycles. The van der Waals surface area contributed by atoms with Crippen LogP contribution in [0.15, 0.2) is 66.9 Å². The Hall–Kier alpha value is -4.07. The zero-order chi connectivity index (χ0) is 23.3. The van der Waals surface area contributed by atoms with Crippen molar-refractivity contribution in [1.82, 2.24) is 40.0 Å². The molecule has 0 saturated carbocycles. The largest absolute Gasteiger partial charge is 0.313 e. The van der Waals surface area contributed by atoms with Gasteiger partial charge in [0, 0.05) is 30.3 Å². The van der Waals surface area contributed by atoms with Crippen LogP contribution in [0.5, 0.6) is 0 Å². The highest BCUT2D eigenvalue weighted by atomic mass is 15.5. The van der Waals surface area contributed by atoms with Crippen molar-refractivity contribution in [2.45, 2.75) is 46.1 Å². The summed E-state index contributed by atoms with van der Waals surface area (Å²) in [5.41, 5.74) is 5.28. The Morgan fingerprint density at radius 3 is 2.38 bits per heavy atom. The van der Waals surface area contributed by atoms with Gasteiger partial charge < -0.3 is 4.57 Å². The maximum atomic E-state index is 4.75. The molecule has 172 valence electrons. The fourth-order valence-electron chi connectivity index (χ4n) is 4.21. The number of rotatable bonds is 9. The first-order valence-electron chi connectivity index (χ1n) is 11.8. The second kappa shape index (κ2) is 9.82. The van der Waals surface area contributed by atoms with Crippen LogP contribution in [-0.2, 0) is 19.4 Å². The van der Waals surface area contributed by atoms with Gasteiger partial charge in [0.25, 0.3) is 0 Å². The average Bonchev–Trinajstić information content (AvgIpc) is 3.61. The Morgan fingerprint density at radius 2 is 1.68 bits per heavy atom. The summed E-state index contributed by atoms with van der Waals surface area (Å²) < 4.78 is 4.16. The maximum Gasteiger partial charge on any atom is 0.221 e. The van der Waals surface area contributed by atoms with Gasteiger partial charge >= 0.3 is 0 Å². The normalized spacial score (nSPS) is 11.2. The van der Waals surface area contributed by atoms with Crippen molar-refractivity contribution in [3.8, 4) is 28.3 Å². The third-order valence-corrected chi connectivity index (χ3v) is 5.81. The van der Waals surface area contributed by atoms with E-state index in [-0.39, 0.29) is 0 Å². The van der Waals surface area contributed by atoms with E-state index >= 15 is 0 Å². The number of nitrogens with zero attached hydrogens (tertiary/aromatic N) is 7. The predicted molar refractivity (Wildman–Crippen MR) is 131 cm³/mol. The Bertz CT molecular complexity index is 1330. The van der Waals surface area contributed by atoms with Crippen LogP contribution in [0.25, 0.3) is 28.3 Å². The molecule has 0 amide bonds. The second-order valence-corrected chi connectivity index (χ2v) is 8.32. The van der Waals surface area contributed by atoms with Crippen molar-refractivity contribution in [2.75, 3.05) is 0 Å². The van der Waals surface area contributed by atoms with Crippen molar-refractivity contribution < 1.29 is 0 Å². The molecule has 34 heavy (non-hydrogen) atoms. The van der Waals surface area contributed by atoms with Gasteiger partial charge in [-0.3, -0.25) is 0 Å². The molecule has 0 aliphatic rings. The fourth-order valence-corrected chi connectivity index (χ4v) is 4.21. The van der Waals surface area contributed by atoms with Crippen LogP contribution in [0.4, 0.5) is 0 Å². The van der Waals surface area contributed by atoms with Crippen molar-refractivity contribution in [3.63, 3.8) is 0 Å². The van der Waals surface area contributed by atoms with Crippen LogP contribution >= 0.6 is 0 Å². The van der Waals surface area contributed by atoms with Crippen molar-refractivity contribution in [3.05, 3.63) is 84.1 Å². The Morgan fingerprint density at radius 1 is 0.882 bits per heavy atom. The number of hydrogen-bond acceptors (Lipinski definition) is 5. The summed E-state index contributed by atoms with van der Waals surface area (Å²) in [4.78, 5) is 4.75. The molecule has 0 atom stereocenters. The van der Waals surface area contributed by atoms with E-state index in [0.717, 1.165) is 59.8 Å². The van der Waals surface area contributed by atoms with Crippen molar-refractivity contribution in [1.29, 1.82) is 0 Å². The molecule has 1 N–H and O–H groups in total. The van der Waals surface area contributed by atoms with Crippen LogP contribution in [-0.4, -0.2) is 40.0 Å². The topological polar surface area (TPSA) is 90.1 Å². The predicted octanol–water partition coefficient (Wildman–Crippen LogP) is 4.87. The van der Waals surface area contributed by atoms with Crippen molar-refractivity contribution >= 4 is 0 Å². The van der Waals surface area contributed by atoms with E-state index in [1.165, 1.54) is 5.56 Å². The number of benzene rings is 2. The highest BCUT2D eigenvalue weighted by Gasteiger charge is 2.18. The minimum atomic E-state index is 0.559. The molecule has 8 nitrogen and oxygen atoms in total. The van der Waals surface area contributed by atoms with E-state index < -0.39 is 0 Å². The van der Waals surface area contributed by atoms with Crippen LogP contribution in [0, 0.1) is 0 Å². The van der Waals surface area contributed by atoms with Gasteiger partial charge in [-0.05, 0) is 47.4 Å². The molecule has 0 aliphatic carbocycles. The molecule has 0 radical (unpaired) electrons. The van der Waals surface area contributed by atoms with E-state index in [2.05, 4.69) is 92.4 Å². The van der Waals surface area contributed by atoms with Crippen LogP contribution < -0.4 is 0 Å². The van der Waals surface area contributed by atoms with E-state index in [1.807, 2.05) is 18.2 Å². The number of hydrogen-bond donors (Lipinski definition) is 1. The molecule has 3 aromatic heterocycles. The highest BCUT2D eigenvalue weighted by molar-refractivity contribution is 5.80. The summed E-state index contributed by atoms with van der Waals surface area (Å²) in [5, 5.41) is 19.6. The van der Waals surface area contributed by atoms with Gasteiger partial charge in [0.1, 0.15) is 11.5 Å². The Balaban J connectivity index is 1.46. The molecule has 3 heterocycles. The lowest BCUT2D eigenvalue weighted by molar-refractivity contribution is 0.623. The summed E-state index contributed by atoms with van der Waals surface area (Å²) in [6.45, 7) is 5.05. The van der Waals surface area contributed by atoms with Gasteiger partial charge in [0.2, 0.25) is 5.82 Å². The molecular formula is C26H28N8. The summed E-state index contributed by atoms with van der Waals surface area (Å²) in [7, 11) is 0. The van der Waals surface area contributed by atoms with Crippen molar-refractivity contribution in [2.24, 2.45) is 0 Å². The van der Waals surface area contributed by atoms with Gasteiger partial charge in [-0.25, -0.2) is 9.67 Å². The minimum Gasteiger partial charge on any atom is -0.313 e. The lowest BCUT2D eigenvalue weighted by Crippen LogP contribution is -2.07. The monoisotopic (exact) mass is 452 g/mol. The molecule has 0 bridgehead atoms. The third kappa shape index (κ3) is 4.39. The molecule has 0 unspecified atom stereocenters. The Labute approximate surface area is 198 Å². The van der Waals surface area contributed by atoms with Gasteiger partial charge in [0.05, 0.1) is 6.54 Å². The average molecular weight is 453 g/mol. The highest BCUT2D eigenvalue weighted by Crippen LogP contribution is 2.33. The van der Waals surface area contributed by atoms with Crippen LogP contribution in [0.1, 0.15) is 43.9 Å². The molecule has 5 aromatic rings. The second-order valence-electron chi connectivity index (χ2n) is 8.32. The van der Waals surface area contributed by atoms with Gasteiger partial charge in [-0.1, -0.05) is 56.3 Å². The van der Waals surface area contributed by atoms with E-state index in [4.69, 9.17) is 10.1 Å². The summed E-state index contributed by atoms with van der Waals surface area (Å²) >= 11 is 0. The third-order valence-electron chi connectivity index (χ3n) is 5.81. The lowest BCUT2D eigenvalue weighted by atomic mass is 10.1. The maximum absolute atomic E-state index is 4.75. The first-order valence-corrected chi connectivity index (χ1v) is 11.8. The van der Waals surface area contributed by atoms with E-state index in [9.17, 15) is 0 Å². The lowest BCUT2D eigenvalue weighted by Gasteiger charge is -2.11. The molecule has 0 spiro atoms. The quantitative estimate of drug-likeness (QED) is 0.345. The zero-order valence-corrected chi connectivity index (χ0v) is 19.5.